The fourth-order valence-corrected chi connectivity index (χ4v) is 7.30. The molecule has 1 aromatic heterocycles. The van der Waals surface area contributed by atoms with Crippen LogP contribution in [0.25, 0.3) is 65.7 Å². The average molecular weight is 625 g/mol. The molecule has 0 aliphatic carbocycles. The molecule has 2 nitrogen and oxygen atoms in total. The zero-order valence-corrected chi connectivity index (χ0v) is 26.9. The summed E-state index contributed by atoms with van der Waals surface area (Å²) in [5.74, 6) is 0.871. The third kappa shape index (κ3) is 5.11. The molecule has 0 saturated heterocycles. The second kappa shape index (κ2) is 12.3. The molecule has 0 aliphatic rings. The second-order valence-corrected chi connectivity index (χ2v) is 12.4. The first-order valence-corrected chi connectivity index (χ1v) is 16.7. The highest BCUT2D eigenvalue weighted by atomic mass is 15.2. The highest BCUT2D eigenvalue weighted by Crippen LogP contribution is 2.46. The number of benzene rings is 8. The van der Waals surface area contributed by atoms with Crippen LogP contribution in [0.3, 0.4) is 0 Å². The molecule has 0 N–H and O–H groups in total. The van der Waals surface area contributed by atoms with Gasteiger partial charge in [0.05, 0.1) is 0 Å². The summed E-state index contributed by atoms with van der Waals surface area (Å²) in [7, 11) is 0. The molecule has 0 aliphatic heterocycles. The first-order chi connectivity index (χ1) is 24.3. The van der Waals surface area contributed by atoms with Crippen LogP contribution in [0.1, 0.15) is 0 Å². The Morgan fingerprint density at radius 3 is 1.61 bits per heavy atom. The Labute approximate surface area is 286 Å². The van der Waals surface area contributed by atoms with Crippen molar-refractivity contribution in [3.63, 3.8) is 0 Å². The molecule has 0 radical (unpaired) electrons. The summed E-state index contributed by atoms with van der Waals surface area (Å²) >= 11 is 0. The zero-order chi connectivity index (χ0) is 32.6. The maximum absolute atomic E-state index is 4.78. The summed E-state index contributed by atoms with van der Waals surface area (Å²) in [5.41, 5.74) is 9.43. The fourth-order valence-electron chi connectivity index (χ4n) is 7.30. The molecule has 0 bridgehead atoms. The fraction of sp³-hybridized carbons (Fsp3) is 0. The average Bonchev–Trinajstić information content (AvgIpc) is 3.18. The van der Waals surface area contributed by atoms with Crippen LogP contribution in [0.2, 0.25) is 0 Å². The van der Waals surface area contributed by atoms with Gasteiger partial charge in [0.25, 0.3) is 0 Å². The smallest absolute Gasteiger partial charge is 0.137 e. The third-order valence-corrected chi connectivity index (χ3v) is 9.49. The Hall–Kier alpha value is -6.51. The van der Waals surface area contributed by atoms with E-state index in [0.29, 0.717) is 0 Å². The van der Waals surface area contributed by atoms with Gasteiger partial charge in [-0.2, -0.15) is 0 Å². The standard InChI is InChI=1S/C47H32N2/c1-2-14-33(15-3-1)36-18-12-19-38(32-36)49(45-26-10-11-31-48-45)37-29-27-35(28-30-37)46-41-21-6-8-23-43(41)47(44-24-9-7-22-42(44)46)40-25-13-17-34-16-4-5-20-39(34)40/h1-32H. The molecule has 8 aromatic carbocycles. The van der Waals surface area contributed by atoms with Crippen molar-refractivity contribution in [1.29, 1.82) is 0 Å². The first-order valence-electron chi connectivity index (χ1n) is 16.7. The van der Waals surface area contributed by atoms with E-state index in [1.807, 2.05) is 18.3 Å². The molecular weight excluding hydrogens is 593 g/mol. The number of hydrogen-bond donors (Lipinski definition) is 0. The first kappa shape index (κ1) is 28.7. The molecule has 9 rings (SSSR count). The lowest BCUT2D eigenvalue weighted by molar-refractivity contribution is 1.18. The number of rotatable bonds is 6. The minimum atomic E-state index is 0.871. The summed E-state index contributed by atoms with van der Waals surface area (Å²) < 4.78 is 0. The molecule has 0 spiro atoms. The van der Waals surface area contributed by atoms with Crippen LogP contribution in [-0.4, -0.2) is 4.98 Å². The predicted molar refractivity (Wildman–Crippen MR) is 208 cm³/mol. The maximum atomic E-state index is 4.78. The van der Waals surface area contributed by atoms with Crippen molar-refractivity contribution in [3.8, 4) is 33.4 Å². The van der Waals surface area contributed by atoms with Crippen LogP contribution in [-0.2, 0) is 0 Å². The van der Waals surface area contributed by atoms with E-state index in [2.05, 4.69) is 181 Å². The second-order valence-electron chi connectivity index (χ2n) is 12.4. The topological polar surface area (TPSA) is 16.1 Å². The van der Waals surface area contributed by atoms with Crippen LogP contribution in [0.15, 0.2) is 194 Å². The van der Waals surface area contributed by atoms with E-state index in [1.54, 1.807) is 0 Å². The van der Waals surface area contributed by atoms with Crippen molar-refractivity contribution < 1.29 is 0 Å². The maximum Gasteiger partial charge on any atom is 0.137 e. The molecule has 0 saturated carbocycles. The summed E-state index contributed by atoms with van der Waals surface area (Å²) in [6.07, 6.45) is 1.85. The molecule has 0 amide bonds. The van der Waals surface area contributed by atoms with E-state index in [4.69, 9.17) is 4.98 Å². The Morgan fingerprint density at radius 1 is 0.347 bits per heavy atom. The van der Waals surface area contributed by atoms with E-state index in [1.165, 1.54) is 65.7 Å². The predicted octanol–water partition coefficient (Wildman–Crippen LogP) is 13.0. The Bertz CT molecular complexity index is 2530. The van der Waals surface area contributed by atoms with Crippen LogP contribution in [0, 0.1) is 0 Å². The van der Waals surface area contributed by atoms with Gasteiger partial charge >= 0.3 is 0 Å². The molecule has 0 unspecified atom stereocenters. The summed E-state index contributed by atoms with van der Waals surface area (Å²) in [6.45, 7) is 0. The van der Waals surface area contributed by atoms with Gasteiger partial charge in [0.1, 0.15) is 5.82 Å². The zero-order valence-electron chi connectivity index (χ0n) is 26.9. The molecule has 0 atom stereocenters. The molecule has 2 heteroatoms. The van der Waals surface area contributed by atoms with Gasteiger partial charge < -0.3 is 0 Å². The van der Waals surface area contributed by atoms with Gasteiger partial charge in [-0.15, -0.1) is 0 Å². The van der Waals surface area contributed by atoms with Crippen LogP contribution in [0.5, 0.6) is 0 Å². The molecule has 49 heavy (non-hydrogen) atoms. The van der Waals surface area contributed by atoms with Gasteiger partial charge in [0, 0.05) is 17.6 Å². The summed E-state index contributed by atoms with van der Waals surface area (Å²) in [4.78, 5) is 7.01. The van der Waals surface area contributed by atoms with E-state index >= 15 is 0 Å². The van der Waals surface area contributed by atoms with Crippen molar-refractivity contribution in [1.82, 2.24) is 4.98 Å². The van der Waals surface area contributed by atoms with Gasteiger partial charge in [-0.25, -0.2) is 4.98 Å². The number of anilines is 3. The van der Waals surface area contributed by atoms with E-state index in [-0.39, 0.29) is 0 Å². The molecule has 9 aromatic rings. The van der Waals surface area contributed by atoms with Crippen molar-refractivity contribution in [2.75, 3.05) is 4.90 Å². The SMILES string of the molecule is c1ccc(-c2cccc(N(c3ccc(-c4c5ccccc5c(-c5cccc6ccccc56)c5ccccc45)cc3)c3ccccn3)c2)cc1. The Morgan fingerprint density at radius 2 is 0.918 bits per heavy atom. The van der Waals surface area contributed by atoms with Crippen molar-refractivity contribution in [2.45, 2.75) is 0 Å². The summed E-state index contributed by atoms with van der Waals surface area (Å²) in [5, 5.41) is 7.51. The highest BCUT2D eigenvalue weighted by Gasteiger charge is 2.19. The lowest BCUT2D eigenvalue weighted by Crippen LogP contribution is -2.11. The van der Waals surface area contributed by atoms with Gasteiger partial charge in [-0.3, -0.25) is 4.90 Å². The van der Waals surface area contributed by atoms with E-state index in [0.717, 1.165) is 17.2 Å². The largest absolute Gasteiger partial charge is 0.295 e. The lowest BCUT2D eigenvalue weighted by atomic mass is 9.85. The van der Waals surface area contributed by atoms with Crippen molar-refractivity contribution >= 4 is 49.5 Å². The minimum Gasteiger partial charge on any atom is -0.295 e. The number of pyridine rings is 1. The molecule has 230 valence electrons. The highest BCUT2D eigenvalue weighted by molar-refractivity contribution is 6.23. The van der Waals surface area contributed by atoms with Crippen molar-refractivity contribution in [2.24, 2.45) is 0 Å². The van der Waals surface area contributed by atoms with E-state index < -0.39 is 0 Å². The summed E-state index contributed by atoms with van der Waals surface area (Å²) in [6, 6.07) is 67.3. The third-order valence-electron chi connectivity index (χ3n) is 9.49. The molecule has 0 fully saturated rings. The van der Waals surface area contributed by atoms with Gasteiger partial charge in [-0.05, 0) is 102 Å². The molecular formula is C47H32N2. The van der Waals surface area contributed by atoms with Crippen LogP contribution < -0.4 is 4.90 Å². The minimum absolute atomic E-state index is 0.871. The normalized spacial score (nSPS) is 11.3. The van der Waals surface area contributed by atoms with Gasteiger partial charge in [-0.1, -0.05) is 152 Å². The number of fused-ring (bicyclic) bond motifs is 3. The molecule has 1 heterocycles. The number of hydrogen-bond acceptors (Lipinski definition) is 2. The number of nitrogens with zero attached hydrogens (tertiary/aromatic N) is 2. The van der Waals surface area contributed by atoms with E-state index in [9.17, 15) is 0 Å². The number of aromatic nitrogens is 1. The lowest BCUT2D eigenvalue weighted by Gasteiger charge is -2.25. The van der Waals surface area contributed by atoms with Crippen LogP contribution in [0.4, 0.5) is 17.2 Å². The quantitative estimate of drug-likeness (QED) is 0.171. The Balaban J connectivity index is 1.22. The van der Waals surface area contributed by atoms with Gasteiger partial charge in [0.15, 0.2) is 0 Å². The van der Waals surface area contributed by atoms with Crippen LogP contribution >= 0.6 is 0 Å². The monoisotopic (exact) mass is 624 g/mol. The van der Waals surface area contributed by atoms with Crippen molar-refractivity contribution in [3.05, 3.63) is 194 Å². The Kier molecular flexibility index (Phi) is 7.18. The van der Waals surface area contributed by atoms with Gasteiger partial charge in [0.2, 0.25) is 0 Å².